The summed E-state index contributed by atoms with van der Waals surface area (Å²) < 4.78 is 5.37. The molecule has 4 nitrogen and oxygen atoms in total. The maximum absolute atomic E-state index is 8.70. The summed E-state index contributed by atoms with van der Waals surface area (Å²) in [7, 11) is 2.13. The Morgan fingerprint density at radius 3 is 3.20 bits per heavy atom. The molecule has 1 atom stereocenters. The summed E-state index contributed by atoms with van der Waals surface area (Å²) in [6.07, 6.45) is 4.41. The van der Waals surface area contributed by atoms with Crippen molar-refractivity contribution in [1.82, 2.24) is 9.88 Å². The van der Waals surface area contributed by atoms with Crippen molar-refractivity contribution in [1.29, 1.82) is 0 Å². The van der Waals surface area contributed by atoms with Gasteiger partial charge in [-0.1, -0.05) is 0 Å². The van der Waals surface area contributed by atoms with Gasteiger partial charge in [0.2, 0.25) is 0 Å². The molecule has 0 amide bonds. The molecule has 0 spiro atoms. The van der Waals surface area contributed by atoms with Gasteiger partial charge in [-0.05, 0) is 26.4 Å². The van der Waals surface area contributed by atoms with Crippen LogP contribution in [0.5, 0.6) is 0 Å². The predicted molar refractivity (Wildman–Crippen MR) is 56.8 cm³/mol. The van der Waals surface area contributed by atoms with Crippen molar-refractivity contribution in [3.63, 3.8) is 0 Å². The number of aromatic nitrogens is 1. The van der Waals surface area contributed by atoms with E-state index >= 15 is 0 Å². The minimum atomic E-state index is 0.198. The van der Waals surface area contributed by atoms with Crippen LogP contribution in [0.15, 0.2) is 10.7 Å². The lowest BCUT2D eigenvalue weighted by Gasteiger charge is -2.06. The molecule has 2 heterocycles. The van der Waals surface area contributed by atoms with E-state index in [4.69, 9.17) is 9.52 Å². The van der Waals surface area contributed by atoms with Crippen LogP contribution < -0.4 is 0 Å². The summed E-state index contributed by atoms with van der Waals surface area (Å²) in [6, 6.07) is 0. The van der Waals surface area contributed by atoms with Crippen LogP contribution in [0, 0.1) is 0 Å². The average Bonchev–Trinajstić information content (AvgIpc) is 2.83. The highest BCUT2D eigenvalue weighted by Crippen LogP contribution is 2.25. The molecule has 1 N–H and O–H groups in total. The molecule has 1 aromatic rings. The van der Waals surface area contributed by atoms with Crippen molar-refractivity contribution in [3.8, 4) is 0 Å². The van der Waals surface area contributed by atoms with E-state index in [-0.39, 0.29) is 6.61 Å². The Balaban J connectivity index is 1.94. The predicted octanol–water partition coefficient (Wildman–Crippen LogP) is 1.02. The number of aliphatic hydroxyl groups excluding tert-OH is 1. The van der Waals surface area contributed by atoms with E-state index in [1.807, 2.05) is 0 Å². The first-order valence-electron chi connectivity index (χ1n) is 5.53. The van der Waals surface area contributed by atoms with E-state index in [1.54, 1.807) is 6.26 Å². The smallest absolute Gasteiger partial charge is 0.194 e. The molecule has 1 aliphatic rings. The fourth-order valence-electron chi connectivity index (χ4n) is 2.03. The lowest BCUT2D eigenvalue weighted by atomic mass is 10.1. The minimum absolute atomic E-state index is 0.198. The molecule has 0 radical (unpaired) electrons. The number of aryl methyl sites for hydroxylation is 1. The second-order valence-electron chi connectivity index (χ2n) is 4.24. The third-order valence-electron chi connectivity index (χ3n) is 2.93. The molecule has 1 fully saturated rings. The van der Waals surface area contributed by atoms with Crippen molar-refractivity contribution in [2.45, 2.75) is 25.2 Å². The molecule has 1 aromatic heterocycles. The Bertz CT molecular complexity index is 311. The van der Waals surface area contributed by atoms with Crippen LogP contribution in [-0.2, 0) is 6.42 Å². The Morgan fingerprint density at radius 1 is 1.67 bits per heavy atom. The number of rotatable bonds is 4. The van der Waals surface area contributed by atoms with E-state index in [0.29, 0.717) is 5.92 Å². The average molecular weight is 210 g/mol. The Hall–Kier alpha value is -0.870. The van der Waals surface area contributed by atoms with Gasteiger partial charge in [0.05, 0.1) is 5.69 Å². The molecule has 0 aliphatic carbocycles. The minimum Gasteiger partial charge on any atom is -0.449 e. The molecule has 1 saturated heterocycles. The summed E-state index contributed by atoms with van der Waals surface area (Å²) in [5.41, 5.74) is 1.08. The summed E-state index contributed by atoms with van der Waals surface area (Å²) in [5.74, 6) is 1.29. The SMILES string of the molecule is CN1CCC(c2coc(CCCO)n2)C1. The highest BCUT2D eigenvalue weighted by Gasteiger charge is 2.23. The van der Waals surface area contributed by atoms with E-state index in [0.717, 1.165) is 37.5 Å². The quantitative estimate of drug-likeness (QED) is 0.806. The Kier molecular flexibility index (Phi) is 3.38. The van der Waals surface area contributed by atoms with Crippen LogP contribution in [0.2, 0.25) is 0 Å². The zero-order valence-corrected chi connectivity index (χ0v) is 9.15. The zero-order chi connectivity index (χ0) is 10.7. The molecule has 1 aliphatic heterocycles. The van der Waals surface area contributed by atoms with Crippen LogP contribution >= 0.6 is 0 Å². The fourth-order valence-corrected chi connectivity index (χ4v) is 2.03. The standard InChI is InChI=1S/C11H18N2O2/c1-13-5-4-9(7-13)10-8-15-11(12-10)3-2-6-14/h8-9,14H,2-7H2,1H3. The second-order valence-corrected chi connectivity index (χ2v) is 4.24. The molecule has 0 aromatic carbocycles. The van der Waals surface area contributed by atoms with Gasteiger partial charge in [0.1, 0.15) is 6.26 Å². The summed E-state index contributed by atoms with van der Waals surface area (Å²) >= 11 is 0. The van der Waals surface area contributed by atoms with E-state index in [1.165, 1.54) is 6.42 Å². The topological polar surface area (TPSA) is 49.5 Å². The van der Waals surface area contributed by atoms with Gasteiger partial charge in [0, 0.05) is 25.5 Å². The van der Waals surface area contributed by atoms with E-state index in [9.17, 15) is 0 Å². The van der Waals surface area contributed by atoms with Crippen molar-refractivity contribution in [3.05, 3.63) is 17.8 Å². The molecule has 2 rings (SSSR count). The van der Waals surface area contributed by atoms with Gasteiger partial charge >= 0.3 is 0 Å². The highest BCUT2D eigenvalue weighted by molar-refractivity contribution is 5.07. The van der Waals surface area contributed by atoms with E-state index in [2.05, 4.69) is 16.9 Å². The lowest BCUT2D eigenvalue weighted by molar-refractivity contribution is 0.283. The van der Waals surface area contributed by atoms with Crippen molar-refractivity contribution in [2.24, 2.45) is 0 Å². The number of oxazole rings is 1. The van der Waals surface area contributed by atoms with E-state index < -0.39 is 0 Å². The van der Waals surface area contributed by atoms with Crippen molar-refractivity contribution in [2.75, 3.05) is 26.7 Å². The third kappa shape index (κ3) is 2.58. The van der Waals surface area contributed by atoms with Crippen molar-refractivity contribution < 1.29 is 9.52 Å². The summed E-state index contributed by atoms with van der Waals surface area (Å²) in [6.45, 7) is 2.42. The normalized spacial score (nSPS) is 22.4. The van der Waals surface area contributed by atoms with Gasteiger partial charge in [0.15, 0.2) is 5.89 Å². The van der Waals surface area contributed by atoms with Crippen LogP contribution in [-0.4, -0.2) is 41.7 Å². The number of hydrogen-bond donors (Lipinski definition) is 1. The first kappa shape index (κ1) is 10.6. The maximum atomic E-state index is 8.70. The van der Waals surface area contributed by atoms with Gasteiger partial charge in [-0.15, -0.1) is 0 Å². The fraction of sp³-hybridized carbons (Fsp3) is 0.727. The molecular weight excluding hydrogens is 192 g/mol. The monoisotopic (exact) mass is 210 g/mol. The number of hydrogen-bond acceptors (Lipinski definition) is 4. The molecule has 15 heavy (non-hydrogen) atoms. The van der Waals surface area contributed by atoms with Gasteiger partial charge in [0.25, 0.3) is 0 Å². The maximum Gasteiger partial charge on any atom is 0.194 e. The molecule has 0 saturated carbocycles. The molecule has 1 unspecified atom stereocenters. The van der Waals surface area contributed by atoms with Crippen LogP contribution in [0.4, 0.5) is 0 Å². The zero-order valence-electron chi connectivity index (χ0n) is 9.15. The largest absolute Gasteiger partial charge is 0.449 e. The van der Waals surface area contributed by atoms with Gasteiger partial charge in [-0.3, -0.25) is 0 Å². The van der Waals surface area contributed by atoms with Crippen LogP contribution in [0.1, 0.15) is 30.3 Å². The molecule has 4 heteroatoms. The Morgan fingerprint density at radius 2 is 2.53 bits per heavy atom. The molecule has 0 bridgehead atoms. The first-order chi connectivity index (χ1) is 7.29. The van der Waals surface area contributed by atoms with Crippen molar-refractivity contribution >= 4 is 0 Å². The van der Waals surface area contributed by atoms with Crippen LogP contribution in [0.3, 0.4) is 0 Å². The number of aliphatic hydroxyl groups is 1. The number of likely N-dealkylation sites (tertiary alicyclic amines) is 1. The van der Waals surface area contributed by atoms with Gasteiger partial charge in [-0.25, -0.2) is 4.98 Å². The number of likely N-dealkylation sites (N-methyl/N-ethyl adjacent to an activating group) is 1. The second kappa shape index (κ2) is 4.77. The summed E-state index contributed by atoms with van der Waals surface area (Å²) in [4.78, 5) is 6.77. The number of nitrogens with zero attached hydrogens (tertiary/aromatic N) is 2. The van der Waals surface area contributed by atoms with Gasteiger partial charge in [-0.2, -0.15) is 0 Å². The Labute approximate surface area is 89.9 Å². The molecular formula is C11H18N2O2. The third-order valence-corrected chi connectivity index (χ3v) is 2.93. The van der Waals surface area contributed by atoms with Crippen LogP contribution in [0.25, 0.3) is 0 Å². The first-order valence-corrected chi connectivity index (χ1v) is 5.53. The summed E-state index contributed by atoms with van der Waals surface area (Å²) in [5, 5.41) is 8.70. The van der Waals surface area contributed by atoms with Gasteiger partial charge < -0.3 is 14.4 Å². The molecule has 84 valence electrons. The highest BCUT2D eigenvalue weighted by atomic mass is 16.3. The lowest BCUT2D eigenvalue weighted by Crippen LogP contribution is -2.13.